The van der Waals surface area contributed by atoms with Crippen LogP contribution in [0.3, 0.4) is 0 Å². The fourth-order valence-corrected chi connectivity index (χ4v) is 4.50. The van der Waals surface area contributed by atoms with E-state index in [4.69, 9.17) is 39.5 Å². The highest BCUT2D eigenvalue weighted by Gasteiger charge is 2.37. The third kappa shape index (κ3) is 5.67. The number of ether oxygens (including phenoxy) is 1. The van der Waals surface area contributed by atoms with Gasteiger partial charge in [-0.05, 0) is 66.9 Å². The van der Waals surface area contributed by atoms with Gasteiger partial charge < -0.3 is 10.1 Å². The van der Waals surface area contributed by atoms with E-state index in [2.05, 4.69) is 10.6 Å². The Bertz CT molecular complexity index is 1500. The minimum absolute atomic E-state index is 0.0512. The molecule has 1 aliphatic rings. The molecule has 194 valence electrons. The number of para-hydroxylation sites is 1. The van der Waals surface area contributed by atoms with Crippen LogP contribution in [0.15, 0.2) is 60.2 Å². The van der Waals surface area contributed by atoms with Crippen molar-refractivity contribution in [3.8, 4) is 5.75 Å². The van der Waals surface area contributed by atoms with Gasteiger partial charge in [-0.1, -0.05) is 59.1 Å². The highest BCUT2D eigenvalue weighted by molar-refractivity contribution is 6.40. The SMILES string of the molecule is Cc1ccccc1NC(=O)COc1c(Cl)cc(/C=C2/C(=O)NC(=O)N(c3cccc(Cl)c3C)C2=O)cc1Cl. The lowest BCUT2D eigenvalue weighted by Gasteiger charge is -2.27. The second kappa shape index (κ2) is 11.3. The summed E-state index contributed by atoms with van der Waals surface area (Å²) in [5, 5.41) is 5.35. The number of nitrogens with one attached hydrogen (secondary N) is 2. The van der Waals surface area contributed by atoms with Crippen LogP contribution in [0.2, 0.25) is 15.1 Å². The lowest BCUT2D eigenvalue weighted by molar-refractivity contribution is -0.122. The minimum atomic E-state index is -0.897. The van der Waals surface area contributed by atoms with E-state index in [1.165, 1.54) is 18.2 Å². The van der Waals surface area contributed by atoms with Crippen molar-refractivity contribution in [1.29, 1.82) is 0 Å². The number of aryl methyl sites for hydroxylation is 1. The first-order valence-corrected chi connectivity index (χ1v) is 12.3. The Morgan fingerprint density at radius 1 is 0.974 bits per heavy atom. The van der Waals surface area contributed by atoms with Crippen molar-refractivity contribution in [2.75, 3.05) is 16.8 Å². The second-order valence-electron chi connectivity index (χ2n) is 8.31. The van der Waals surface area contributed by atoms with Gasteiger partial charge in [0, 0.05) is 10.7 Å². The highest BCUT2D eigenvalue weighted by atomic mass is 35.5. The maximum Gasteiger partial charge on any atom is 0.335 e. The number of imide groups is 2. The Kier molecular flexibility index (Phi) is 8.06. The molecule has 0 bridgehead atoms. The van der Waals surface area contributed by atoms with E-state index < -0.39 is 23.8 Å². The summed E-state index contributed by atoms with van der Waals surface area (Å²) in [4.78, 5) is 51.4. The topological polar surface area (TPSA) is 105 Å². The Morgan fingerprint density at radius 3 is 2.34 bits per heavy atom. The van der Waals surface area contributed by atoms with Crippen LogP contribution in [0.25, 0.3) is 6.08 Å². The zero-order chi connectivity index (χ0) is 27.6. The predicted molar refractivity (Wildman–Crippen MR) is 147 cm³/mol. The summed E-state index contributed by atoms with van der Waals surface area (Å²) in [5.74, 6) is -2.08. The number of anilines is 2. The van der Waals surface area contributed by atoms with Gasteiger partial charge in [0.15, 0.2) is 12.4 Å². The molecule has 11 heteroatoms. The summed E-state index contributed by atoms with van der Waals surface area (Å²) in [6, 6.07) is 14.0. The van der Waals surface area contributed by atoms with Gasteiger partial charge in [0.25, 0.3) is 17.7 Å². The number of nitrogens with zero attached hydrogens (tertiary/aromatic N) is 1. The lowest BCUT2D eigenvalue weighted by Crippen LogP contribution is -2.54. The molecule has 1 fully saturated rings. The van der Waals surface area contributed by atoms with Crippen LogP contribution in [0.5, 0.6) is 5.75 Å². The van der Waals surface area contributed by atoms with E-state index in [-0.39, 0.29) is 33.7 Å². The molecule has 0 radical (unpaired) electrons. The third-order valence-electron chi connectivity index (χ3n) is 5.68. The number of carbonyl (C=O) groups excluding carboxylic acids is 4. The molecule has 1 heterocycles. The molecular formula is C27H20Cl3N3O5. The minimum Gasteiger partial charge on any atom is -0.481 e. The lowest BCUT2D eigenvalue weighted by atomic mass is 10.1. The smallest absolute Gasteiger partial charge is 0.335 e. The largest absolute Gasteiger partial charge is 0.481 e. The van der Waals surface area contributed by atoms with E-state index in [0.717, 1.165) is 10.5 Å². The van der Waals surface area contributed by atoms with E-state index >= 15 is 0 Å². The Balaban J connectivity index is 1.55. The van der Waals surface area contributed by atoms with Crippen molar-refractivity contribution in [2.45, 2.75) is 13.8 Å². The molecular weight excluding hydrogens is 553 g/mol. The van der Waals surface area contributed by atoms with Crippen molar-refractivity contribution in [3.63, 3.8) is 0 Å². The zero-order valence-electron chi connectivity index (χ0n) is 20.1. The first-order valence-electron chi connectivity index (χ1n) is 11.2. The highest BCUT2D eigenvalue weighted by Crippen LogP contribution is 2.36. The monoisotopic (exact) mass is 571 g/mol. The summed E-state index contributed by atoms with van der Waals surface area (Å²) in [5.41, 5.74) is 2.25. The van der Waals surface area contributed by atoms with E-state index in [0.29, 0.717) is 21.8 Å². The molecule has 0 unspecified atom stereocenters. The molecule has 2 N–H and O–H groups in total. The van der Waals surface area contributed by atoms with Gasteiger partial charge in [-0.15, -0.1) is 0 Å². The molecule has 0 saturated carbocycles. The summed E-state index contributed by atoms with van der Waals surface area (Å²) >= 11 is 18.8. The van der Waals surface area contributed by atoms with E-state index in [9.17, 15) is 19.2 Å². The molecule has 0 aromatic heterocycles. The van der Waals surface area contributed by atoms with E-state index in [1.807, 2.05) is 19.1 Å². The predicted octanol–water partition coefficient (Wildman–Crippen LogP) is 5.95. The Hall–Kier alpha value is -3.85. The van der Waals surface area contributed by atoms with Crippen molar-refractivity contribution < 1.29 is 23.9 Å². The number of rotatable bonds is 6. The van der Waals surface area contributed by atoms with Crippen molar-refractivity contribution in [3.05, 3.63) is 91.9 Å². The molecule has 3 aromatic rings. The quantitative estimate of drug-likeness (QED) is 0.281. The average molecular weight is 573 g/mol. The summed E-state index contributed by atoms with van der Waals surface area (Å²) in [6.45, 7) is 3.16. The third-order valence-corrected chi connectivity index (χ3v) is 6.65. The van der Waals surface area contributed by atoms with Gasteiger partial charge in [-0.3, -0.25) is 19.7 Å². The van der Waals surface area contributed by atoms with Crippen molar-refractivity contribution in [1.82, 2.24) is 5.32 Å². The number of urea groups is 1. The van der Waals surface area contributed by atoms with Crippen LogP contribution < -0.4 is 20.3 Å². The van der Waals surface area contributed by atoms with Crippen LogP contribution in [-0.4, -0.2) is 30.4 Å². The molecule has 0 atom stereocenters. The molecule has 8 nitrogen and oxygen atoms in total. The number of benzene rings is 3. The van der Waals surface area contributed by atoms with Gasteiger partial charge in [0.2, 0.25) is 0 Å². The van der Waals surface area contributed by atoms with Gasteiger partial charge >= 0.3 is 6.03 Å². The second-order valence-corrected chi connectivity index (χ2v) is 9.53. The van der Waals surface area contributed by atoms with Crippen molar-refractivity contribution in [2.24, 2.45) is 0 Å². The van der Waals surface area contributed by atoms with Gasteiger partial charge in [0.05, 0.1) is 15.7 Å². The van der Waals surface area contributed by atoms with Crippen molar-refractivity contribution >= 4 is 76.0 Å². The van der Waals surface area contributed by atoms with Gasteiger partial charge in [-0.25, -0.2) is 9.69 Å². The number of barbiturate groups is 1. The molecule has 38 heavy (non-hydrogen) atoms. The maximum absolute atomic E-state index is 13.2. The summed E-state index contributed by atoms with van der Waals surface area (Å²) in [6.07, 6.45) is 1.25. The van der Waals surface area contributed by atoms with Crippen LogP contribution in [0.4, 0.5) is 16.2 Å². The Labute approximate surface area is 233 Å². The number of hydrogen-bond acceptors (Lipinski definition) is 5. The maximum atomic E-state index is 13.2. The molecule has 1 aliphatic heterocycles. The normalized spacial score (nSPS) is 14.5. The van der Waals surface area contributed by atoms with Crippen LogP contribution >= 0.6 is 34.8 Å². The zero-order valence-corrected chi connectivity index (χ0v) is 22.4. The molecule has 5 amide bonds. The number of amides is 5. The molecule has 4 rings (SSSR count). The van der Waals surface area contributed by atoms with Crippen LogP contribution in [-0.2, 0) is 14.4 Å². The summed E-state index contributed by atoms with van der Waals surface area (Å²) < 4.78 is 5.53. The fraction of sp³-hybridized carbons (Fsp3) is 0.111. The Morgan fingerprint density at radius 2 is 1.66 bits per heavy atom. The van der Waals surface area contributed by atoms with Gasteiger partial charge in [0.1, 0.15) is 5.57 Å². The number of halogens is 3. The van der Waals surface area contributed by atoms with Crippen LogP contribution in [0.1, 0.15) is 16.7 Å². The van der Waals surface area contributed by atoms with E-state index in [1.54, 1.807) is 37.3 Å². The molecule has 1 saturated heterocycles. The number of hydrogen-bond donors (Lipinski definition) is 2. The first-order chi connectivity index (χ1) is 18.1. The van der Waals surface area contributed by atoms with Gasteiger partial charge in [-0.2, -0.15) is 0 Å². The fourth-order valence-electron chi connectivity index (χ4n) is 3.72. The molecule has 0 spiro atoms. The van der Waals surface area contributed by atoms with Crippen LogP contribution in [0, 0.1) is 13.8 Å². The first kappa shape index (κ1) is 27.2. The molecule has 3 aromatic carbocycles. The standard InChI is InChI=1S/C27H20Cl3N3O5/c1-14-6-3-4-8-21(14)31-23(34)13-38-24-19(29)11-16(12-20(24)30)10-17-25(35)32-27(37)33(26(17)36)22-9-5-7-18(28)15(22)2/h3-12H,13H2,1-2H3,(H,31,34)(H,32,35,37)/b17-10-. The average Bonchev–Trinajstić information content (AvgIpc) is 2.85. The molecule has 0 aliphatic carbocycles. The number of carbonyl (C=O) groups is 4. The summed E-state index contributed by atoms with van der Waals surface area (Å²) in [7, 11) is 0.